The van der Waals surface area contributed by atoms with Crippen LogP contribution in [0.2, 0.25) is 5.02 Å². The van der Waals surface area contributed by atoms with Crippen LogP contribution in [-0.4, -0.2) is 41.0 Å². The number of nitrogens with zero attached hydrogens (tertiary/aromatic N) is 2. The minimum atomic E-state index is -0.672. The number of carbonyl (C=O) groups excluding carboxylic acids is 3. The van der Waals surface area contributed by atoms with E-state index in [2.05, 4.69) is 10.1 Å². The van der Waals surface area contributed by atoms with E-state index in [0.29, 0.717) is 10.7 Å². The van der Waals surface area contributed by atoms with Crippen LogP contribution in [0, 0.1) is 0 Å². The Labute approximate surface area is 148 Å². The van der Waals surface area contributed by atoms with Gasteiger partial charge in [-0.05, 0) is 42.5 Å². The first-order chi connectivity index (χ1) is 12.0. The molecule has 0 atom stereocenters. The van der Waals surface area contributed by atoms with Crippen LogP contribution >= 0.6 is 11.6 Å². The smallest absolute Gasteiger partial charge is 0.329 e. The van der Waals surface area contributed by atoms with Crippen LogP contribution in [0.4, 0.5) is 4.79 Å². The maximum atomic E-state index is 12.3. The van der Waals surface area contributed by atoms with Crippen molar-refractivity contribution in [2.24, 2.45) is 0 Å². The molecule has 8 heteroatoms. The van der Waals surface area contributed by atoms with E-state index < -0.39 is 24.5 Å². The molecule has 25 heavy (non-hydrogen) atoms. The van der Waals surface area contributed by atoms with E-state index in [-0.39, 0.29) is 5.70 Å². The molecule has 1 N–H and O–H groups in total. The van der Waals surface area contributed by atoms with Gasteiger partial charge in [0.25, 0.3) is 5.91 Å². The molecule has 0 aliphatic carbocycles. The predicted molar refractivity (Wildman–Crippen MR) is 91.0 cm³/mol. The Morgan fingerprint density at radius 2 is 1.96 bits per heavy atom. The highest BCUT2D eigenvalue weighted by atomic mass is 35.5. The van der Waals surface area contributed by atoms with Gasteiger partial charge in [-0.2, -0.15) is 0 Å². The molecule has 1 saturated heterocycles. The molecule has 2 heterocycles. The highest BCUT2D eigenvalue weighted by molar-refractivity contribution is 6.30. The zero-order valence-corrected chi connectivity index (χ0v) is 14.0. The first-order valence-corrected chi connectivity index (χ1v) is 7.72. The number of methoxy groups -OCH3 is 1. The number of carbonyl (C=O) groups is 3. The molecule has 0 saturated carbocycles. The summed E-state index contributed by atoms with van der Waals surface area (Å²) in [6, 6.07) is 10.1. The molecule has 0 radical (unpaired) electrons. The number of urea groups is 1. The number of rotatable bonds is 4. The van der Waals surface area contributed by atoms with E-state index >= 15 is 0 Å². The largest absolute Gasteiger partial charge is 0.468 e. The van der Waals surface area contributed by atoms with Crippen LogP contribution in [-0.2, 0) is 14.3 Å². The molecule has 2 aromatic rings. The van der Waals surface area contributed by atoms with Crippen molar-refractivity contribution < 1.29 is 19.1 Å². The number of hydrogen-bond acceptors (Lipinski definition) is 4. The molecule has 7 nitrogen and oxygen atoms in total. The molecular weight excluding hydrogens is 346 g/mol. The van der Waals surface area contributed by atoms with Gasteiger partial charge < -0.3 is 14.6 Å². The van der Waals surface area contributed by atoms with E-state index in [0.717, 1.165) is 10.6 Å². The number of ether oxygens (including phenoxy) is 1. The van der Waals surface area contributed by atoms with Gasteiger partial charge in [-0.3, -0.25) is 9.59 Å². The Morgan fingerprint density at radius 1 is 1.24 bits per heavy atom. The number of aromatic nitrogens is 1. The van der Waals surface area contributed by atoms with Gasteiger partial charge in [-0.1, -0.05) is 11.6 Å². The molecule has 1 aliphatic heterocycles. The zero-order chi connectivity index (χ0) is 18.0. The third kappa shape index (κ3) is 3.41. The van der Waals surface area contributed by atoms with Gasteiger partial charge in [-0.25, -0.2) is 9.69 Å². The topological polar surface area (TPSA) is 80.6 Å². The highest BCUT2D eigenvalue weighted by Crippen LogP contribution is 2.19. The third-order valence-electron chi connectivity index (χ3n) is 3.65. The number of halogens is 1. The lowest BCUT2D eigenvalue weighted by molar-refractivity contribution is -0.143. The van der Waals surface area contributed by atoms with Crippen molar-refractivity contribution >= 4 is 35.6 Å². The molecule has 0 bridgehead atoms. The summed E-state index contributed by atoms with van der Waals surface area (Å²) in [5, 5.41) is 3.08. The van der Waals surface area contributed by atoms with E-state index in [1.165, 1.54) is 7.11 Å². The summed E-state index contributed by atoms with van der Waals surface area (Å²) >= 11 is 5.90. The molecule has 3 rings (SSSR count). The van der Waals surface area contributed by atoms with Gasteiger partial charge >= 0.3 is 12.0 Å². The number of imide groups is 1. The van der Waals surface area contributed by atoms with E-state index in [1.807, 2.05) is 29.0 Å². The maximum Gasteiger partial charge on any atom is 0.329 e. The van der Waals surface area contributed by atoms with Crippen molar-refractivity contribution in [3.05, 3.63) is 59.0 Å². The fourth-order valence-corrected chi connectivity index (χ4v) is 2.53. The molecular formula is C17H14ClN3O4. The van der Waals surface area contributed by atoms with Crippen molar-refractivity contribution in [3.8, 4) is 5.69 Å². The van der Waals surface area contributed by atoms with Gasteiger partial charge in [0.05, 0.1) is 7.11 Å². The summed E-state index contributed by atoms with van der Waals surface area (Å²) in [6.07, 6.45) is 3.37. The normalized spacial score (nSPS) is 15.6. The minimum absolute atomic E-state index is 0.0859. The second-order valence-corrected chi connectivity index (χ2v) is 5.67. The predicted octanol–water partition coefficient (Wildman–Crippen LogP) is 2.20. The molecule has 1 fully saturated rings. The third-order valence-corrected chi connectivity index (χ3v) is 3.91. The summed E-state index contributed by atoms with van der Waals surface area (Å²) in [6.45, 7) is -0.434. The monoisotopic (exact) mass is 359 g/mol. The number of hydrogen-bond donors (Lipinski definition) is 1. The first kappa shape index (κ1) is 16.8. The lowest BCUT2D eigenvalue weighted by Gasteiger charge is -2.09. The van der Waals surface area contributed by atoms with Crippen LogP contribution in [0.3, 0.4) is 0 Å². The van der Waals surface area contributed by atoms with Crippen LogP contribution in [0.15, 0.2) is 48.3 Å². The fourth-order valence-electron chi connectivity index (χ4n) is 2.41. The van der Waals surface area contributed by atoms with Crippen molar-refractivity contribution in [1.82, 2.24) is 14.8 Å². The SMILES string of the molecule is COC(=O)CN1C(=O)N/C(=C/c2cccn2-c2ccc(Cl)cc2)C1=O. The van der Waals surface area contributed by atoms with E-state index in [1.54, 1.807) is 24.3 Å². The molecule has 1 aliphatic rings. The Bertz CT molecular complexity index is 870. The van der Waals surface area contributed by atoms with Crippen LogP contribution in [0.25, 0.3) is 11.8 Å². The second kappa shape index (κ2) is 6.82. The molecule has 1 aromatic carbocycles. The first-order valence-electron chi connectivity index (χ1n) is 7.34. The van der Waals surface area contributed by atoms with Gasteiger partial charge in [-0.15, -0.1) is 0 Å². The molecule has 128 valence electrons. The average Bonchev–Trinajstić information content (AvgIpc) is 3.16. The zero-order valence-electron chi connectivity index (χ0n) is 13.2. The fraction of sp³-hybridized carbons (Fsp3) is 0.118. The van der Waals surface area contributed by atoms with Gasteiger partial charge in [0.1, 0.15) is 12.2 Å². The quantitative estimate of drug-likeness (QED) is 0.515. The summed E-state index contributed by atoms with van der Waals surface area (Å²) in [5.74, 6) is -1.26. The van der Waals surface area contributed by atoms with Gasteiger partial charge in [0.2, 0.25) is 0 Å². The summed E-state index contributed by atoms with van der Waals surface area (Å²) in [7, 11) is 1.19. The van der Waals surface area contributed by atoms with Gasteiger partial charge in [0.15, 0.2) is 0 Å². The Morgan fingerprint density at radius 3 is 2.64 bits per heavy atom. The molecule has 0 spiro atoms. The van der Waals surface area contributed by atoms with E-state index in [9.17, 15) is 14.4 Å². The van der Waals surface area contributed by atoms with Crippen molar-refractivity contribution in [2.75, 3.05) is 13.7 Å². The molecule has 3 amide bonds. The van der Waals surface area contributed by atoms with Gasteiger partial charge in [0, 0.05) is 22.6 Å². The summed E-state index contributed by atoms with van der Waals surface area (Å²) in [4.78, 5) is 36.3. The maximum absolute atomic E-state index is 12.3. The minimum Gasteiger partial charge on any atom is -0.468 e. The van der Waals surface area contributed by atoms with Crippen molar-refractivity contribution in [3.63, 3.8) is 0 Å². The van der Waals surface area contributed by atoms with E-state index in [4.69, 9.17) is 11.6 Å². The lowest BCUT2D eigenvalue weighted by Crippen LogP contribution is -2.36. The van der Waals surface area contributed by atoms with Crippen LogP contribution in [0.1, 0.15) is 5.69 Å². The lowest BCUT2D eigenvalue weighted by atomic mass is 10.2. The van der Waals surface area contributed by atoms with Crippen LogP contribution < -0.4 is 5.32 Å². The Kier molecular flexibility index (Phi) is 4.58. The Hall–Kier alpha value is -3.06. The molecule has 0 unspecified atom stereocenters. The second-order valence-electron chi connectivity index (χ2n) is 5.24. The van der Waals surface area contributed by atoms with Crippen molar-refractivity contribution in [1.29, 1.82) is 0 Å². The van der Waals surface area contributed by atoms with Crippen molar-refractivity contribution in [2.45, 2.75) is 0 Å². The number of amides is 3. The number of esters is 1. The highest BCUT2D eigenvalue weighted by Gasteiger charge is 2.35. The summed E-state index contributed by atoms with van der Waals surface area (Å²) in [5.41, 5.74) is 1.62. The summed E-state index contributed by atoms with van der Waals surface area (Å²) < 4.78 is 6.33. The van der Waals surface area contributed by atoms with Crippen LogP contribution in [0.5, 0.6) is 0 Å². The number of benzene rings is 1. The number of nitrogens with one attached hydrogen (secondary N) is 1. The molecule has 1 aromatic heterocycles. The standard InChI is InChI=1S/C17H14ClN3O4/c1-25-15(22)10-21-16(23)14(19-17(21)24)9-13-3-2-8-20(13)12-6-4-11(18)5-7-12/h2-9H,10H2,1H3,(H,19,24)/b14-9+. The Balaban J connectivity index is 1.88. The average molecular weight is 360 g/mol.